The van der Waals surface area contributed by atoms with Crippen LogP contribution in [0.1, 0.15) is 60.3 Å². The van der Waals surface area contributed by atoms with E-state index in [2.05, 4.69) is 24.7 Å². The number of aliphatic hydroxyl groups is 1. The quantitative estimate of drug-likeness (QED) is 0.314. The zero-order valence-corrected chi connectivity index (χ0v) is 22.7. The Balaban J connectivity index is 1.46. The van der Waals surface area contributed by atoms with Crippen LogP contribution in [-0.2, 0) is 5.60 Å². The molecular weight excluding hydrogens is 547 g/mol. The number of halogens is 4. The Morgan fingerprint density at radius 1 is 1.02 bits per heavy atom. The van der Waals surface area contributed by atoms with E-state index in [9.17, 15) is 23.1 Å². The van der Waals surface area contributed by atoms with Crippen LogP contribution >= 0.6 is 11.6 Å². The number of rotatable bonds is 6. The molecule has 1 N–H and O–H groups in total. The normalized spacial score (nSPS) is 17.1. The average molecular weight is 572 g/mol. The summed E-state index contributed by atoms with van der Waals surface area (Å²) in [5.41, 5.74) is 2.75. The highest BCUT2D eigenvalue weighted by atomic mass is 35.5. The van der Waals surface area contributed by atoms with Crippen molar-refractivity contribution in [3.8, 4) is 23.0 Å². The molecule has 4 aromatic rings. The number of ether oxygens (including phenoxy) is 1. The molecule has 1 saturated carbocycles. The van der Waals surface area contributed by atoms with Crippen molar-refractivity contribution >= 4 is 11.6 Å². The first-order chi connectivity index (χ1) is 18.7. The molecule has 0 bridgehead atoms. The molecule has 40 heavy (non-hydrogen) atoms. The molecule has 0 aromatic carbocycles. The van der Waals surface area contributed by atoms with Crippen molar-refractivity contribution < 1.29 is 23.0 Å². The number of hydrogen-bond donors (Lipinski definition) is 1. The minimum atomic E-state index is -4.81. The molecule has 2 atom stereocenters. The fraction of sp³-hybridized carbons (Fsp3) is 0.321. The zero-order valence-electron chi connectivity index (χ0n) is 22.0. The summed E-state index contributed by atoms with van der Waals surface area (Å²) in [6.07, 6.45) is 0.401. The molecule has 208 valence electrons. The Morgan fingerprint density at radius 2 is 1.77 bits per heavy atom. The van der Waals surface area contributed by atoms with Gasteiger partial charge in [0.25, 0.3) is 5.56 Å². The van der Waals surface area contributed by atoms with Crippen molar-refractivity contribution in [3.63, 3.8) is 0 Å². The van der Waals surface area contributed by atoms with Crippen molar-refractivity contribution in [1.82, 2.24) is 24.5 Å². The topological polar surface area (TPSA) is 103 Å². The summed E-state index contributed by atoms with van der Waals surface area (Å²) in [5.74, 6) is -0.390. The summed E-state index contributed by atoms with van der Waals surface area (Å²) in [5, 5.41) is 10.4. The standard InChI is InChI=1S/C28H25ClF3N5O3/c1-14-12-34-21(20-7-8-33-26(36-20)27(3,4)39)11-22(14)37-15(2)9-19(24(29)25(37)38)18-10-17(18)16-5-6-23(35-13-16)40-28(30,31)32/h5-9,11-13,17-18,39H,10H2,1-4H3/t17?,18-/m1/s1. The molecule has 1 aliphatic rings. The Hall–Kier alpha value is -3.83. The van der Waals surface area contributed by atoms with E-state index in [1.807, 2.05) is 13.0 Å². The Kier molecular flexibility index (Phi) is 6.91. The SMILES string of the molecule is Cc1cnc(-c2ccnc(C(C)(C)O)n2)cc1-n1c(C)cc([C@@H]2CC2c2ccc(OC(F)(F)F)nc2)c(Cl)c1=O. The van der Waals surface area contributed by atoms with Gasteiger partial charge in [0, 0.05) is 30.4 Å². The third kappa shape index (κ3) is 5.57. The van der Waals surface area contributed by atoms with Crippen molar-refractivity contribution in [1.29, 1.82) is 0 Å². The molecule has 8 nitrogen and oxygen atoms in total. The number of hydrogen-bond acceptors (Lipinski definition) is 7. The highest BCUT2D eigenvalue weighted by molar-refractivity contribution is 6.31. The lowest BCUT2D eigenvalue weighted by atomic mass is 10.1. The summed E-state index contributed by atoms with van der Waals surface area (Å²) in [6.45, 7) is 6.81. The van der Waals surface area contributed by atoms with Gasteiger partial charge in [-0.05, 0) is 80.8 Å². The minimum Gasteiger partial charge on any atom is -0.388 e. The van der Waals surface area contributed by atoms with Gasteiger partial charge in [-0.15, -0.1) is 13.2 Å². The van der Waals surface area contributed by atoms with Crippen LogP contribution in [-0.4, -0.2) is 36.0 Å². The predicted molar refractivity (Wildman–Crippen MR) is 142 cm³/mol. The lowest BCUT2D eigenvalue weighted by molar-refractivity contribution is -0.276. The van der Waals surface area contributed by atoms with Gasteiger partial charge in [-0.3, -0.25) is 14.3 Å². The van der Waals surface area contributed by atoms with E-state index < -0.39 is 23.4 Å². The van der Waals surface area contributed by atoms with Crippen LogP contribution in [0.4, 0.5) is 13.2 Å². The lowest BCUT2D eigenvalue weighted by Crippen LogP contribution is -2.23. The van der Waals surface area contributed by atoms with Gasteiger partial charge in [-0.2, -0.15) is 0 Å². The van der Waals surface area contributed by atoms with Crippen molar-refractivity contribution in [3.05, 3.63) is 92.5 Å². The Labute approximate surface area is 232 Å². The molecule has 4 heterocycles. The van der Waals surface area contributed by atoms with E-state index in [0.29, 0.717) is 34.8 Å². The first-order valence-corrected chi connectivity index (χ1v) is 12.8. The largest absolute Gasteiger partial charge is 0.574 e. The van der Waals surface area contributed by atoms with E-state index in [4.69, 9.17) is 11.6 Å². The second kappa shape index (κ2) is 9.97. The number of aromatic nitrogens is 5. The van der Waals surface area contributed by atoms with Crippen LogP contribution in [0.15, 0.2) is 53.7 Å². The van der Waals surface area contributed by atoms with Crippen LogP contribution in [0.3, 0.4) is 0 Å². The van der Waals surface area contributed by atoms with E-state index in [1.54, 1.807) is 51.4 Å². The highest BCUT2D eigenvalue weighted by Gasteiger charge is 2.42. The average Bonchev–Trinajstić information content (AvgIpc) is 3.67. The molecule has 0 amide bonds. The van der Waals surface area contributed by atoms with Gasteiger partial charge in [-0.1, -0.05) is 17.7 Å². The van der Waals surface area contributed by atoms with Crippen LogP contribution in [0.2, 0.25) is 5.02 Å². The maximum Gasteiger partial charge on any atom is 0.574 e. The van der Waals surface area contributed by atoms with Crippen LogP contribution in [0.25, 0.3) is 17.1 Å². The zero-order chi connectivity index (χ0) is 29.0. The number of alkyl halides is 3. The van der Waals surface area contributed by atoms with Gasteiger partial charge in [-0.25, -0.2) is 15.0 Å². The van der Waals surface area contributed by atoms with E-state index in [1.165, 1.54) is 16.8 Å². The summed E-state index contributed by atoms with van der Waals surface area (Å²) < 4.78 is 42.7. The molecule has 0 saturated heterocycles. The van der Waals surface area contributed by atoms with Gasteiger partial charge in [0.1, 0.15) is 10.6 Å². The second-order valence-electron chi connectivity index (χ2n) is 10.3. The molecule has 1 fully saturated rings. The van der Waals surface area contributed by atoms with Crippen molar-refractivity contribution in [2.75, 3.05) is 0 Å². The lowest BCUT2D eigenvalue weighted by Gasteiger charge is -2.17. The molecule has 12 heteroatoms. The first-order valence-electron chi connectivity index (χ1n) is 12.4. The molecule has 1 aliphatic carbocycles. The fourth-order valence-electron chi connectivity index (χ4n) is 4.69. The first kappa shape index (κ1) is 27.7. The Bertz CT molecular complexity index is 1650. The van der Waals surface area contributed by atoms with E-state index >= 15 is 0 Å². The Morgan fingerprint density at radius 3 is 2.42 bits per heavy atom. The number of nitrogens with zero attached hydrogens (tertiary/aromatic N) is 5. The highest BCUT2D eigenvalue weighted by Crippen LogP contribution is 2.55. The maximum absolute atomic E-state index is 13.6. The van der Waals surface area contributed by atoms with Crippen molar-refractivity contribution in [2.45, 2.75) is 57.9 Å². The van der Waals surface area contributed by atoms with Gasteiger partial charge in [0.15, 0.2) is 5.82 Å². The maximum atomic E-state index is 13.6. The molecule has 1 unspecified atom stereocenters. The number of aryl methyl sites for hydroxylation is 2. The third-order valence-electron chi connectivity index (χ3n) is 6.74. The smallest absolute Gasteiger partial charge is 0.388 e. The monoisotopic (exact) mass is 571 g/mol. The number of pyridine rings is 3. The van der Waals surface area contributed by atoms with E-state index in [0.717, 1.165) is 11.1 Å². The molecule has 0 radical (unpaired) electrons. The third-order valence-corrected chi connectivity index (χ3v) is 7.12. The summed E-state index contributed by atoms with van der Waals surface area (Å²) in [7, 11) is 0. The molecule has 5 rings (SSSR count). The van der Waals surface area contributed by atoms with Gasteiger partial charge >= 0.3 is 6.36 Å². The molecule has 4 aromatic heterocycles. The van der Waals surface area contributed by atoms with Crippen LogP contribution in [0.5, 0.6) is 5.88 Å². The van der Waals surface area contributed by atoms with Gasteiger partial charge in [0.05, 0.1) is 17.1 Å². The van der Waals surface area contributed by atoms with E-state index in [-0.39, 0.29) is 22.7 Å². The van der Waals surface area contributed by atoms with Crippen LogP contribution in [0, 0.1) is 13.8 Å². The molecular formula is C28H25ClF3N5O3. The summed E-state index contributed by atoms with van der Waals surface area (Å²) in [4.78, 5) is 30.4. The van der Waals surface area contributed by atoms with Crippen molar-refractivity contribution in [2.24, 2.45) is 0 Å². The molecule has 0 aliphatic heterocycles. The predicted octanol–water partition coefficient (Wildman–Crippen LogP) is 5.75. The second-order valence-corrected chi connectivity index (χ2v) is 10.7. The minimum absolute atomic E-state index is 0.0309. The summed E-state index contributed by atoms with van der Waals surface area (Å²) >= 11 is 6.63. The van der Waals surface area contributed by atoms with Gasteiger partial charge < -0.3 is 9.84 Å². The summed E-state index contributed by atoms with van der Waals surface area (Å²) in [6, 6.07) is 7.99. The van der Waals surface area contributed by atoms with Crippen LogP contribution < -0.4 is 10.3 Å². The van der Waals surface area contributed by atoms with Gasteiger partial charge in [0.2, 0.25) is 5.88 Å². The fourth-order valence-corrected chi connectivity index (χ4v) is 4.97. The molecule has 0 spiro atoms.